The number of guanidine groups is 1. The van der Waals surface area contributed by atoms with Crippen LogP contribution in [-0.2, 0) is 9.47 Å². The number of ether oxygens (including phenoxy) is 2. The minimum absolute atomic E-state index is 0.375. The highest BCUT2D eigenvalue weighted by molar-refractivity contribution is 6.07. The van der Waals surface area contributed by atoms with Crippen molar-refractivity contribution in [2.75, 3.05) is 45.3 Å². The Morgan fingerprint density at radius 3 is 2.71 bits per heavy atom. The molecule has 1 saturated carbocycles. The van der Waals surface area contributed by atoms with E-state index in [1.807, 2.05) is 6.07 Å². The first-order valence-electron chi connectivity index (χ1n) is 12.8. The van der Waals surface area contributed by atoms with Crippen molar-refractivity contribution in [3.05, 3.63) is 18.1 Å². The fourth-order valence-electron chi connectivity index (χ4n) is 5.01. The first kappa shape index (κ1) is 25.5. The Morgan fingerprint density at radius 2 is 1.97 bits per heavy atom. The molecule has 0 bridgehead atoms. The summed E-state index contributed by atoms with van der Waals surface area (Å²) >= 11 is 0. The predicted molar refractivity (Wildman–Crippen MR) is 136 cm³/mol. The predicted octanol–water partition coefficient (Wildman–Crippen LogP) is 2.28. The molecule has 0 radical (unpaired) electrons. The van der Waals surface area contributed by atoms with Crippen LogP contribution in [0.25, 0.3) is 0 Å². The number of hydrogen-bond acceptors (Lipinski definition) is 10. The van der Waals surface area contributed by atoms with E-state index in [9.17, 15) is 5.26 Å². The van der Waals surface area contributed by atoms with Gasteiger partial charge in [0, 0.05) is 64.0 Å². The van der Waals surface area contributed by atoms with Gasteiger partial charge in [0.25, 0.3) is 0 Å². The Labute approximate surface area is 208 Å². The molecule has 0 unspecified atom stereocenters. The average Bonchev–Trinajstić information content (AvgIpc) is 2.90. The van der Waals surface area contributed by atoms with Gasteiger partial charge in [0.15, 0.2) is 0 Å². The zero-order valence-corrected chi connectivity index (χ0v) is 20.9. The molecule has 10 nitrogen and oxygen atoms in total. The Kier molecular flexibility index (Phi) is 9.01. The maximum Gasteiger partial charge on any atom is 0.218 e. The molecule has 0 spiro atoms. The zero-order valence-electron chi connectivity index (χ0n) is 20.9. The lowest BCUT2D eigenvalue weighted by Crippen LogP contribution is -2.42. The van der Waals surface area contributed by atoms with Crippen molar-refractivity contribution in [3.8, 4) is 6.07 Å². The van der Waals surface area contributed by atoms with Gasteiger partial charge in [-0.3, -0.25) is 4.99 Å². The van der Waals surface area contributed by atoms with Crippen LogP contribution in [0.15, 0.2) is 22.4 Å². The molecule has 35 heavy (non-hydrogen) atoms. The molecule has 2 aliphatic heterocycles. The lowest BCUT2D eigenvalue weighted by atomic mass is 9.82. The van der Waals surface area contributed by atoms with Gasteiger partial charge in [-0.25, -0.2) is 15.0 Å². The number of anilines is 1. The number of nitrogens with one attached hydrogen (secondary N) is 3. The van der Waals surface area contributed by atoms with E-state index in [-0.39, 0.29) is 0 Å². The lowest BCUT2D eigenvalue weighted by Gasteiger charge is -2.31. The van der Waals surface area contributed by atoms with Crippen molar-refractivity contribution in [1.82, 2.24) is 20.6 Å². The third-order valence-corrected chi connectivity index (χ3v) is 7.10. The normalized spacial score (nSPS) is 25.1. The summed E-state index contributed by atoms with van der Waals surface area (Å²) in [5, 5.41) is 20.2. The van der Waals surface area contributed by atoms with Crippen LogP contribution in [0.3, 0.4) is 0 Å². The Morgan fingerprint density at radius 1 is 1.20 bits per heavy atom. The van der Waals surface area contributed by atoms with Crippen LogP contribution in [0.1, 0.15) is 57.6 Å². The maximum atomic E-state index is 9.69. The molecule has 3 aliphatic rings. The number of nitriles is 1. The van der Waals surface area contributed by atoms with Gasteiger partial charge in [0.05, 0.1) is 29.5 Å². The molecule has 4 rings (SSSR count). The molecule has 1 atom stereocenters. The highest BCUT2D eigenvalue weighted by Crippen LogP contribution is 2.29. The standard InChI is InChI=1S/C25H38N8O2/c1-18(14-34-2)31-19-3-5-20(6-4-19)32-23-13-22(29-17-30-23)21-7-10-27-24(33-21)28-16-25(15-26)8-11-35-12-9-25/h13,17-20,31H,3-12,14,16H2,1-2H3,(H,27,28)(H,29,30,32)/t18-,19?,20?/m1/s1. The third-order valence-electron chi connectivity index (χ3n) is 7.10. The largest absolute Gasteiger partial charge is 0.383 e. The SMILES string of the molecule is COC[C@@H](C)NC1CCC(Nc2cc(C3=NC(NCC4(C#N)CCOCC4)=NCC3)ncn2)CC1. The highest BCUT2D eigenvalue weighted by atomic mass is 16.5. The third kappa shape index (κ3) is 7.19. The van der Waals surface area contributed by atoms with Crippen molar-refractivity contribution in [3.63, 3.8) is 0 Å². The van der Waals surface area contributed by atoms with Crippen LogP contribution in [-0.4, -0.2) is 79.8 Å². The fourth-order valence-corrected chi connectivity index (χ4v) is 5.01. The monoisotopic (exact) mass is 482 g/mol. The van der Waals surface area contributed by atoms with Gasteiger partial charge in [-0.1, -0.05) is 0 Å². The van der Waals surface area contributed by atoms with Crippen molar-refractivity contribution >= 4 is 17.5 Å². The van der Waals surface area contributed by atoms with Gasteiger partial charge >= 0.3 is 0 Å². The number of aliphatic imine (C=N–C) groups is 2. The van der Waals surface area contributed by atoms with E-state index in [1.165, 1.54) is 0 Å². The molecule has 1 aliphatic carbocycles. The van der Waals surface area contributed by atoms with E-state index in [2.05, 4.69) is 43.9 Å². The van der Waals surface area contributed by atoms with Crippen LogP contribution in [0, 0.1) is 16.7 Å². The van der Waals surface area contributed by atoms with E-state index >= 15 is 0 Å². The molecule has 3 heterocycles. The smallest absolute Gasteiger partial charge is 0.218 e. The Hall–Kier alpha value is -2.61. The van der Waals surface area contributed by atoms with Gasteiger partial charge in [-0.05, 0) is 45.4 Å². The van der Waals surface area contributed by atoms with Crippen molar-refractivity contribution in [2.24, 2.45) is 15.4 Å². The average molecular weight is 483 g/mol. The molecule has 3 N–H and O–H groups in total. The second-order valence-electron chi connectivity index (χ2n) is 9.88. The molecule has 1 aromatic rings. The molecular weight excluding hydrogens is 444 g/mol. The van der Waals surface area contributed by atoms with Gasteiger partial charge in [0.1, 0.15) is 12.1 Å². The summed E-state index contributed by atoms with van der Waals surface area (Å²) < 4.78 is 10.7. The maximum absolute atomic E-state index is 9.69. The number of methoxy groups -OCH3 is 1. The van der Waals surface area contributed by atoms with E-state index in [0.717, 1.165) is 68.8 Å². The summed E-state index contributed by atoms with van der Waals surface area (Å²) in [6, 6.07) is 5.79. The van der Waals surface area contributed by atoms with E-state index < -0.39 is 5.41 Å². The number of rotatable bonds is 9. The van der Waals surface area contributed by atoms with E-state index in [4.69, 9.17) is 14.5 Å². The number of aromatic nitrogens is 2. The fraction of sp³-hybridized carbons (Fsp3) is 0.720. The minimum Gasteiger partial charge on any atom is -0.383 e. The molecular formula is C25H38N8O2. The number of hydrogen-bond donors (Lipinski definition) is 3. The summed E-state index contributed by atoms with van der Waals surface area (Å²) in [7, 11) is 1.75. The summed E-state index contributed by atoms with van der Waals surface area (Å²) in [4.78, 5) is 18.2. The second kappa shape index (κ2) is 12.4. The molecule has 0 aromatic carbocycles. The highest BCUT2D eigenvalue weighted by Gasteiger charge is 2.33. The van der Waals surface area contributed by atoms with Crippen LogP contribution >= 0.6 is 0 Å². The quantitative estimate of drug-likeness (QED) is 0.489. The first-order valence-corrected chi connectivity index (χ1v) is 12.8. The summed E-state index contributed by atoms with van der Waals surface area (Å²) in [6.45, 7) is 5.33. The molecule has 10 heteroatoms. The summed E-state index contributed by atoms with van der Waals surface area (Å²) in [6.07, 6.45) is 8.27. The van der Waals surface area contributed by atoms with Crippen LogP contribution in [0.5, 0.6) is 0 Å². The Bertz CT molecular complexity index is 930. The molecule has 0 amide bonds. The molecule has 1 aromatic heterocycles. The lowest BCUT2D eigenvalue weighted by molar-refractivity contribution is 0.0422. The van der Waals surface area contributed by atoms with Crippen molar-refractivity contribution < 1.29 is 9.47 Å². The Balaban J connectivity index is 1.31. The van der Waals surface area contributed by atoms with E-state index in [0.29, 0.717) is 50.4 Å². The van der Waals surface area contributed by atoms with Gasteiger partial charge in [-0.2, -0.15) is 5.26 Å². The van der Waals surface area contributed by atoms with Crippen molar-refractivity contribution in [1.29, 1.82) is 5.26 Å². The van der Waals surface area contributed by atoms with Gasteiger partial charge in [0.2, 0.25) is 5.96 Å². The van der Waals surface area contributed by atoms with Crippen LogP contribution < -0.4 is 16.0 Å². The van der Waals surface area contributed by atoms with Gasteiger partial charge in [-0.15, -0.1) is 0 Å². The van der Waals surface area contributed by atoms with Crippen molar-refractivity contribution in [2.45, 2.75) is 70.0 Å². The second-order valence-corrected chi connectivity index (χ2v) is 9.88. The zero-order chi connectivity index (χ0) is 24.5. The molecule has 1 saturated heterocycles. The minimum atomic E-state index is -0.420. The van der Waals surface area contributed by atoms with Gasteiger partial charge < -0.3 is 25.4 Å². The van der Waals surface area contributed by atoms with Crippen LogP contribution in [0.2, 0.25) is 0 Å². The van der Waals surface area contributed by atoms with E-state index in [1.54, 1.807) is 13.4 Å². The summed E-state index contributed by atoms with van der Waals surface area (Å²) in [5.74, 6) is 1.42. The first-order chi connectivity index (χ1) is 17.1. The molecule has 2 fully saturated rings. The number of nitrogens with zero attached hydrogens (tertiary/aromatic N) is 5. The topological polar surface area (TPSA) is 129 Å². The van der Waals surface area contributed by atoms with Crippen LogP contribution in [0.4, 0.5) is 5.82 Å². The summed E-state index contributed by atoms with van der Waals surface area (Å²) in [5.41, 5.74) is 1.29. The molecule has 190 valence electrons.